The first-order chi connectivity index (χ1) is 16.3. The molecule has 1 aromatic carbocycles. The van der Waals surface area contributed by atoms with Crippen LogP contribution in [0.1, 0.15) is 64.8 Å². The van der Waals surface area contributed by atoms with Crippen molar-refractivity contribution in [3.63, 3.8) is 0 Å². The lowest BCUT2D eigenvalue weighted by Crippen LogP contribution is -2.43. The molecule has 2 amide bonds. The van der Waals surface area contributed by atoms with Crippen molar-refractivity contribution in [2.75, 3.05) is 18.5 Å². The van der Waals surface area contributed by atoms with Crippen molar-refractivity contribution < 1.29 is 28.7 Å². The van der Waals surface area contributed by atoms with Crippen molar-refractivity contribution >= 4 is 40.1 Å². The Hall–Kier alpha value is -3.20. The second-order valence-corrected chi connectivity index (χ2v) is 9.56. The minimum Gasteiger partial charge on any atom is -0.462 e. The van der Waals surface area contributed by atoms with Crippen LogP contribution in [0.25, 0.3) is 0 Å². The van der Waals surface area contributed by atoms with Crippen molar-refractivity contribution in [2.45, 2.75) is 52.5 Å². The number of benzene rings is 1. The van der Waals surface area contributed by atoms with Crippen LogP contribution in [0.15, 0.2) is 30.3 Å². The number of nitrogens with one attached hydrogen (secondary N) is 2. The van der Waals surface area contributed by atoms with E-state index in [9.17, 15) is 19.2 Å². The van der Waals surface area contributed by atoms with Crippen LogP contribution in [0.3, 0.4) is 0 Å². The van der Waals surface area contributed by atoms with Gasteiger partial charge in [-0.2, -0.15) is 0 Å². The molecule has 0 radical (unpaired) electrons. The minimum atomic E-state index is -0.888. The molecule has 0 spiro atoms. The maximum absolute atomic E-state index is 12.7. The molecule has 0 bridgehead atoms. The lowest BCUT2D eigenvalue weighted by atomic mass is 10.0. The van der Waals surface area contributed by atoms with Gasteiger partial charge in [-0.25, -0.2) is 9.59 Å². The summed E-state index contributed by atoms with van der Waals surface area (Å²) in [5.74, 6) is -1.98. The van der Waals surface area contributed by atoms with E-state index in [2.05, 4.69) is 10.6 Å². The largest absolute Gasteiger partial charge is 0.462 e. The molecule has 1 aliphatic rings. The number of esters is 2. The summed E-state index contributed by atoms with van der Waals surface area (Å²) in [5, 5.41) is 5.81. The third kappa shape index (κ3) is 6.44. The Bertz CT molecular complexity index is 1050. The van der Waals surface area contributed by atoms with Crippen LogP contribution < -0.4 is 10.6 Å². The smallest absolute Gasteiger partial charge is 0.341 e. The van der Waals surface area contributed by atoms with Gasteiger partial charge in [0.2, 0.25) is 0 Å². The summed E-state index contributed by atoms with van der Waals surface area (Å²) in [4.78, 5) is 51.3. The van der Waals surface area contributed by atoms with Gasteiger partial charge in [0.15, 0.2) is 6.61 Å². The molecular formula is C25H30N2O6S. The SMILES string of the molecule is CCOC(=O)c1c(NC(=O)COC(=O)C(CC(C)C)NC(=O)c2ccccc2)sc2c1CCC2. The molecule has 2 aromatic rings. The van der Waals surface area contributed by atoms with Crippen molar-refractivity contribution in [1.82, 2.24) is 5.32 Å². The molecule has 1 unspecified atom stereocenters. The Morgan fingerprint density at radius 2 is 1.79 bits per heavy atom. The fourth-order valence-electron chi connectivity index (χ4n) is 3.83. The van der Waals surface area contributed by atoms with Crippen LogP contribution in [0.4, 0.5) is 5.00 Å². The number of carbonyl (C=O) groups is 4. The summed E-state index contributed by atoms with van der Waals surface area (Å²) >= 11 is 1.36. The van der Waals surface area contributed by atoms with Crippen molar-refractivity contribution in [3.8, 4) is 0 Å². The third-order valence-corrected chi connectivity index (χ3v) is 6.54. The number of amides is 2. The topological polar surface area (TPSA) is 111 Å². The van der Waals surface area contributed by atoms with Crippen LogP contribution in [0.2, 0.25) is 0 Å². The molecule has 34 heavy (non-hydrogen) atoms. The number of carbonyl (C=O) groups excluding carboxylic acids is 4. The van der Waals surface area contributed by atoms with Crippen LogP contribution >= 0.6 is 11.3 Å². The van der Waals surface area contributed by atoms with E-state index in [0.29, 0.717) is 22.5 Å². The molecule has 8 nitrogen and oxygen atoms in total. The first-order valence-electron chi connectivity index (χ1n) is 11.4. The number of ether oxygens (including phenoxy) is 2. The highest BCUT2D eigenvalue weighted by molar-refractivity contribution is 7.17. The van der Waals surface area contributed by atoms with Crippen molar-refractivity contribution in [2.24, 2.45) is 5.92 Å². The number of thiophene rings is 1. The average Bonchev–Trinajstić information content (AvgIpc) is 3.38. The van der Waals surface area contributed by atoms with Crippen LogP contribution in [-0.2, 0) is 31.9 Å². The van der Waals surface area contributed by atoms with E-state index >= 15 is 0 Å². The van der Waals surface area contributed by atoms with Crippen molar-refractivity contribution in [3.05, 3.63) is 51.9 Å². The van der Waals surface area contributed by atoms with Gasteiger partial charge in [-0.3, -0.25) is 9.59 Å². The first kappa shape index (κ1) is 25.4. The predicted octanol–water partition coefficient (Wildman–Crippen LogP) is 3.74. The van der Waals surface area contributed by atoms with Gasteiger partial charge in [-0.05, 0) is 56.2 Å². The number of hydrogen-bond donors (Lipinski definition) is 2. The molecule has 1 aromatic heterocycles. The lowest BCUT2D eigenvalue weighted by Gasteiger charge is -2.19. The van der Waals surface area contributed by atoms with E-state index in [-0.39, 0.29) is 18.4 Å². The average molecular weight is 487 g/mol. The Labute approximate surface area is 203 Å². The second kappa shape index (κ2) is 11.8. The highest BCUT2D eigenvalue weighted by Gasteiger charge is 2.29. The zero-order valence-electron chi connectivity index (χ0n) is 19.6. The summed E-state index contributed by atoms with van der Waals surface area (Å²) in [6, 6.07) is 7.69. The molecule has 3 rings (SSSR count). The molecule has 1 heterocycles. The maximum Gasteiger partial charge on any atom is 0.341 e. The van der Waals surface area contributed by atoms with Gasteiger partial charge in [0, 0.05) is 10.4 Å². The van der Waals surface area contributed by atoms with Gasteiger partial charge >= 0.3 is 11.9 Å². The van der Waals surface area contributed by atoms with E-state index < -0.39 is 30.5 Å². The fourth-order valence-corrected chi connectivity index (χ4v) is 5.12. The summed E-state index contributed by atoms with van der Waals surface area (Å²) in [6.45, 7) is 5.29. The number of anilines is 1. The minimum absolute atomic E-state index is 0.114. The molecular weight excluding hydrogens is 456 g/mol. The highest BCUT2D eigenvalue weighted by atomic mass is 32.1. The molecule has 1 aliphatic carbocycles. The normalized spacial score (nSPS) is 13.2. The highest BCUT2D eigenvalue weighted by Crippen LogP contribution is 2.39. The number of fused-ring (bicyclic) bond motifs is 1. The molecule has 0 fully saturated rings. The number of hydrogen-bond acceptors (Lipinski definition) is 7. The zero-order valence-corrected chi connectivity index (χ0v) is 20.5. The van der Waals surface area contributed by atoms with Gasteiger partial charge in [-0.15, -0.1) is 11.3 Å². The fraction of sp³-hybridized carbons (Fsp3) is 0.440. The molecule has 0 saturated heterocycles. The second-order valence-electron chi connectivity index (χ2n) is 8.46. The summed E-state index contributed by atoms with van der Waals surface area (Å²) < 4.78 is 10.4. The Balaban J connectivity index is 1.62. The van der Waals surface area contributed by atoms with Gasteiger partial charge in [0.25, 0.3) is 11.8 Å². The quantitative estimate of drug-likeness (QED) is 0.495. The van der Waals surface area contributed by atoms with E-state index in [1.165, 1.54) is 11.3 Å². The number of rotatable bonds is 10. The van der Waals surface area contributed by atoms with Gasteiger partial charge in [0.1, 0.15) is 11.0 Å². The van der Waals surface area contributed by atoms with Crippen molar-refractivity contribution in [1.29, 1.82) is 0 Å². The Morgan fingerprint density at radius 3 is 2.47 bits per heavy atom. The molecule has 0 saturated carbocycles. The Kier molecular flexibility index (Phi) is 8.81. The third-order valence-electron chi connectivity index (χ3n) is 5.33. The van der Waals surface area contributed by atoms with E-state index in [1.807, 2.05) is 13.8 Å². The number of aryl methyl sites for hydroxylation is 1. The van der Waals surface area contributed by atoms with E-state index in [1.54, 1.807) is 37.3 Å². The monoisotopic (exact) mass is 486 g/mol. The summed E-state index contributed by atoms with van der Waals surface area (Å²) in [7, 11) is 0. The summed E-state index contributed by atoms with van der Waals surface area (Å²) in [5.41, 5.74) is 1.75. The van der Waals surface area contributed by atoms with Gasteiger partial charge < -0.3 is 20.1 Å². The van der Waals surface area contributed by atoms with Gasteiger partial charge in [-0.1, -0.05) is 32.0 Å². The molecule has 0 aliphatic heterocycles. The maximum atomic E-state index is 12.7. The van der Waals surface area contributed by atoms with Crippen LogP contribution in [-0.4, -0.2) is 43.0 Å². The molecule has 1 atom stereocenters. The first-order valence-corrected chi connectivity index (χ1v) is 12.3. The zero-order chi connectivity index (χ0) is 24.7. The predicted molar refractivity (Wildman–Crippen MR) is 129 cm³/mol. The molecule has 9 heteroatoms. The van der Waals surface area contributed by atoms with Crippen LogP contribution in [0, 0.1) is 5.92 Å². The van der Waals surface area contributed by atoms with E-state index in [4.69, 9.17) is 9.47 Å². The standard InChI is InChI=1S/C25H30N2O6S/c1-4-32-25(31)21-17-11-8-12-19(17)34-23(21)27-20(28)14-33-24(30)18(13-15(2)3)26-22(29)16-9-6-5-7-10-16/h5-7,9-10,15,18H,4,8,11-14H2,1-3H3,(H,26,29)(H,27,28). The van der Waals surface area contributed by atoms with Crippen LogP contribution in [0.5, 0.6) is 0 Å². The lowest BCUT2D eigenvalue weighted by molar-refractivity contribution is -0.149. The summed E-state index contributed by atoms with van der Waals surface area (Å²) in [6.07, 6.45) is 2.95. The van der Waals surface area contributed by atoms with Gasteiger partial charge in [0.05, 0.1) is 12.2 Å². The molecule has 182 valence electrons. The molecule has 2 N–H and O–H groups in total. The Morgan fingerprint density at radius 1 is 1.06 bits per heavy atom. The van der Waals surface area contributed by atoms with E-state index in [0.717, 1.165) is 29.7 Å².